The number of urea groups is 1. The molecule has 1 saturated carbocycles. The van der Waals surface area contributed by atoms with Crippen LogP contribution in [-0.2, 0) is 4.79 Å². The van der Waals surface area contributed by atoms with Gasteiger partial charge in [0.15, 0.2) is 0 Å². The Bertz CT molecular complexity index is 414. The van der Waals surface area contributed by atoms with E-state index in [0.29, 0.717) is 19.6 Å². The van der Waals surface area contributed by atoms with Crippen LogP contribution in [-0.4, -0.2) is 65.2 Å². The molecule has 6 heteroatoms. The lowest BCUT2D eigenvalue weighted by Gasteiger charge is -2.47. The van der Waals surface area contributed by atoms with Crippen molar-refractivity contribution < 1.29 is 14.7 Å². The van der Waals surface area contributed by atoms with Crippen molar-refractivity contribution in [2.75, 3.05) is 32.7 Å². The third-order valence-electron chi connectivity index (χ3n) is 5.03. The summed E-state index contributed by atoms with van der Waals surface area (Å²) in [5, 5.41) is 13.3. The van der Waals surface area contributed by atoms with E-state index in [-0.39, 0.29) is 17.9 Å². The lowest BCUT2D eigenvalue weighted by molar-refractivity contribution is -0.133. The molecule has 2 N–H and O–H groups in total. The van der Waals surface area contributed by atoms with Crippen LogP contribution in [0, 0.1) is 5.92 Å². The lowest BCUT2D eigenvalue weighted by atomic mass is 9.71. The molecule has 0 aromatic heterocycles. The Labute approximate surface area is 119 Å². The predicted octanol–water partition coefficient (Wildman–Crippen LogP) is 0.165. The SMILES string of the molecule is O=C(CN1CCC2(O)CCCCC2C1)N1CCNC1=O. The van der Waals surface area contributed by atoms with Gasteiger partial charge in [0.25, 0.3) is 0 Å². The number of fused-ring (bicyclic) bond motifs is 1. The van der Waals surface area contributed by atoms with E-state index in [1.165, 1.54) is 11.3 Å². The minimum atomic E-state index is -0.511. The zero-order chi connectivity index (χ0) is 14.2. The fourth-order valence-corrected chi connectivity index (χ4v) is 3.77. The third-order valence-corrected chi connectivity index (χ3v) is 5.03. The number of aliphatic hydroxyl groups is 1. The monoisotopic (exact) mass is 281 g/mol. The van der Waals surface area contributed by atoms with Gasteiger partial charge in [0.1, 0.15) is 0 Å². The number of carbonyl (C=O) groups is 2. The highest BCUT2D eigenvalue weighted by molar-refractivity contribution is 5.96. The Balaban J connectivity index is 1.57. The summed E-state index contributed by atoms with van der Waals surface area (Å²) in [5.41, 5.74) is -0.511. The molecule has 3 fully saturated rings. The summed E-state index contributed by atoms with van der Waals surface area (Å²) in [6, 6.07) is -0.277. The Hall–Kier alpha value is -1.14. The van der Waals surface area contributed by atoms with Gasteiger partial charge in [-0.05, 0) is 19.3 Å². The zero-order valence-corrected chi connectivity index (χ0v) is 11.8. The van der Waals surface area contributed by atoms with Crippen LogP contribution >= 0.6 is 0 Å². The van der Waals surface area contributed by atoms with Gasteiger partial charge < -0.3 is 10.4 Å². The Morgan fingerprint density at radius 2 is 2.20 bits per heavy atom. The summed E-state index contributed by atoms with van der Waals surface area (Å²) in [5.74, 6) is 0.159. The van der Waals surface area contributed by atoms with E-state index >= 15 is 0 Å². The molecular weight excluding hydrogens is 258 g/mol. The highest BCUT2D eigenvalue weighted by atomic mass is 16.3. The van der Waals surface area contributed by atoms with Crippen molar-refractivity contribution in [2.45, 2.75) is 37.7 Å². The molecule has 20 heavy (non-hydrogen) atoms. The van der Waals surface area contributed by atoms with E-state index in [0.717, 1.165) is 38.8 Å². The van der Waals surface area contributed by atoms with Crippen molar-refractivity contribution in [3.63, 3.8) is 0 Å². The normalized spacial score (nSPS) is 34.8. The van der Waals surface area contributed by atoms with Crippen molar-refractivity contribution in [1.29, 1.82) is 0 Å². The van der Waals surface area contributed by atoms with E-state index in [1.807, 2.05) is 0 Å². The van der Waals surface area contributed by atoms with Crippen LogP contribution in [0.5, 0.6) is 0 Å². The molecule has 3 amide bonds. The number of hydrogen-bond donors (Lipinski definition) is 2. The maximum atomic E-state index is 12.1. The van der Waals surface area contributed by atoms with Gasteiger partial charge in [0.05, 0.1) is 12.1 Å². The van der Waals surface area contributed by atoms with Crippen LogP contribution in [0.25, 0.3) is 0 Å². The molecule has 2 unspecified atom stereocenters. The molecule has 1 aliphatic carbocycles. The molecule has 3 rings (SSSR count). The first-order chi connectivity index (χ1) is 9.58. The van der Waals surface area contributed by atoms with Crippen LogP contribution in [0.3, 0.4) is 0 Å². The summed E-state index contributed by atoms with van der Waals surface area (Å²) in [4.78, 5) is 27.0. The molecule has 0 bridgehead atoms. The second-order valence-corrected chi connectivity index (χ2v) is 6.31. The average molecular weight is 281 g/mol. The highest BCUT2D eigenvalue weighted by Crippen LogP contribution is 2.39. The van der Waals surface area contributed by atoms with Gasteiger partial charge >= 0.3 is 6.03 Å². The number of likely N-dealkylation sites (tertiary alicyclic amines) is 1. The van der Waals surface area contributed by atoms with E-state index < -0.39 is 5.60 Å². The number of nitrogens with zero attached hydrogens (tertiary/aromatic N) is 2. The van der Waals surface area contributed by atoms with Crippen LogP contribution in [0.15, 0.2) is 0 Å². The smallest absolute Gasteiger partial charge is 0.324 e. The fourth-order valence-electron chi connectivity index (χ4n) is 3.77. The third kappa shape index (κ3) is 2.54. The van der Waals surface area contributed by atoms with Crippen molar-refractivity contribution in [2.24, 2.45) is 5.92 Å². The van der Waals surface area contributed by atoms with Crippen LogP contribution in [0.4, 0.5) is 4.79 Å². The summed E-state index contributed by atoms with van der Waals surface area (Å²) >= 11 is 0. The maximum Gasteiger partial charge on any atom is 0.324 e. The number of amides is 3. The van der Waals surface area contributed by atoms with E-state index in [2.05, 4.69) is 10.2 Å². The molecule has 6 nitrogen and oxygen atoms in total. The van der Waals surface area contributed by atoms with Gasteiger partial charge in [0.2, 0.25) is 5.91 Å². The number of imide groups is 1. The summed E-state index contributed by atoms with van der Waals surface area (Å²) in [6.45, 7) is 2.83. The van der Waals surface area contributed by atoms with Crippen LogP contribution in [0.2, 0.25) is 0 Å². The Morgan fingerprint density at radius 1 is 1.35 bits per heavy atom. The minimum absolute atomic E-state index is 0.124. The molecule has 2 aliphatic heterocycles. The number of hydrogen-bond acceptors (Lipinski definition) is 4. The van der Waals surface area contributed by atoms with Crippen molar-refractivity contribution in [3.05, 3.63) is 0 Å². The second kappa shape index (κ2) is 5.33. The second-order valence-electron chi connectivity index (χ2n) is 6.31. The molecule has 0 radical (unpaired) electrons. The van der Waals surface area contributed by atoms with Gasteiger partial charge in [-0.25, -0.2) is 4.79 Å². The number of piperidine rings is 1. The largest absolute Gasteiger partial charge is 0.390 e. The molecule has 2 saturated heterocycles. The molecule has 0 aromatic carbocycles. The van der Waals surface area contributed by atoms with Crippen molar-refractivity contribution in [1.82, 2.24) is 15.1 Å². The first-order valence-electron chi connectivity index (χ1n) is 7.61. The van der Waals surface area contributed by atoms with Gasteiger partial charge in [-0.3, -0.25) is 14.6 Å². The van der Waals surface area contributed by atoms with Crippen LogP contribution < -0.4 is 5.32 Å². The minimum Gasteiger partial charge on any atom is -0.390 e. The Morgan fingerprint density at radius 3 is 2.95 bits per heavy atom. The van der Waals surface area contributed by atoms with Gasteiger partial charge in [0, 0.05) is 32.1 Å². The van der Waals surface area contributed by atoms with Crippen molar-refractivity contribution in [3.8, 4) is 0 Å². The zero-order valence-electron chi connectivity index (χ0n) is 11.8. The quantitative estimate of drug-likeness (QED) is 0.756. The standard InChI is InChI=1S/C14H23N3O3/c18-12(17-8-6-15-13(17)19)10-16-7-5-14(20)4-2-1-3-11(14)9-16/h11,20H,1-10H2,(H,15,19). The van der Waals surface area contributed by atoms with Gasteiger partial charge in [-0.2, -0.15) is 0 Å². The topological polar surface area (TPSA) is 72.9 Å². The Kier molecular flexibility index (Phi) is 3.69. The van der Waals surface area contributed by atoms with E-state index in [1.54, 1.807) is 0 Å². The first-order valence-corrected chi connectivity index (χ1v) is 7.61. The van der Waals surface area contributed by atoms with Gasteiger partial charge in [-0.1, -0.05) is 12.8 Å². The van der Waals surface area contributed by atoms with Crippen molar-refractivity contribution >= 4 is 11.9 Å². The summed E-state index contributed by atoms with van der Waals surface area (Å²) < 4.78 is 0. The summed E-state index contributed by atoms with van der Waals surface area (Å²) in [6.07, 6.45) is 4.97. The maximum absolute atomic E-state index is 12.1. The van der Waals surface area contributed by atoms with Gasteiger partial charge in [-0.15, -0.1) is 0 Å². The molecule has 3 aliphatic rings. The average Bonchev–Trinajstić information content (AvgIpc) is 2.85. The molecule has 0 aromatic rings. The fraction of sp³-hybridized carbons (Fsp3) is 0.857. The molecular formula is C14H23N3O3. The lowest BCUT2D eigenvalue weighted by Crippen LogP contribution is -2.55. The van der Waals surface area contributed by atoms with E-state index in [4.69, 9.17) is 0 Å². The molecule has 0 spiro atoms. The first kappa shape index (κ1) is 13.8. The number of nitrogens with one attached hydrogen (secondary N) is 1. The number of rotatable bonds is 2. The molecule has 112 valence electrons. The predicted molar refractivity (Wildman–Crippen MR) is 73.1 cm³/mol. The van der Waals surface area contributed by atoms with Crippen LogP contribution in [0.1, 0.15) is 32.1 Å². The van der Waals surface area contributed by atoms with E-state index in [9.17, 15) is 14.7 Å². The highest BCUT2D eigenvalue weighted by Gasteiger charge is 2.43. The molecule has 2 atom stereocenters. The molecule has 2 heterocycles. The summed E-state index contributed by atoms with van der Waals surface area (Å²) in [7, 11) is 0. The number of carbonyl (C=O) groups excluding carboxylic acids is 2.